The molecule has 0 aromatic rings. The monoisotopic (exact) mass is 204 g/mol. The van der Waals surface area contributed by atoms with Crippen LogP contribution in [0.1, 0.15) is 14.9 Å². The van der Waals surface area contributed by atoms with Gasteiger partial charge in [-0.05, 0) is 0 Å². The van der Waals surface area contributed by atoms with Crippen molar-refractivity contribution in [1.29, 1.82) is 0 Å². The normalized spacial score (nSPS) is 8.71. The lowest BCUT2D eigenvalue weighted by Crippen LogP contribution is -2.21. The average molecular weight is 204 g/mol. The largest absolute Gasteiger partial charge is 0.388 e. The summed E-state index contributed by atoms with van der Waals surface area (Å²) in [5.74, 6) is 0. The van der Waals surface area contributed by atoms with Crippen molar-refractivity contribution in [2.45, 2.75) is 21.0 Å². The van der Waals surface area contributed by atoms with E-state index in [4.69, 9.17) is 9.47 Å². The van der Waals surface area contributed by atoms with Crippen molar-refractivity contribution in [2.75, 3.05) is 26.4 Å². The minimum atomic E-state index is -0.565. The maximum atomic E-state index is 9.18. The van der Waals surface area contributed by atoms with Crippen LogP contribution >= 0.6 is 0 Å². The Hall–Kier alpha value is -0.640. The number of ether oxygens (including phenoxy) is 2. The standard InChI is InChI=1S/C9H16O3.2CH4/c1-3-5-11-7-9(10)8-12-6-4-2;;/h3-4,9-10H,1-2,5-8H2;2*1H4. The minimum Gasteiger partial charge on any atom is -0.388 e. The Kier molecular flexibility index (Phi) is 20.2. The maximum Gasteiger partial charge on any atom is 0.101 e. The molecule has 14 heavy (non-hydrogen) atoms. The first-order valence-corrected chi connectivity index (χ1v) is 3.86. The van der Waals surface area contributed by atoms with Crippen LogP contribution in [-0.2, 0) is 9.47 Å². The molecule has 0 amide bonds. The molecule has 0 radical (unpaired) electrons. The molecule has 1 N–H and O–H groups in total. The smallest absolute Gasteiger partial charge is 0.101 e. The number of aliphatic hydroxyl groups is 1. The first-order valence-electron chi connectivity index (χ1n) is 3.86. The van der Waals surface area contributed by atoms with E-state index in [2.05, 4.69) is 13.2 Å². The fourth-order valence-corrected chi connectivity index (χ4v) is 0.623. The van der Waals surface area contributed by atoms with Crippen LogP contribution in [0.4, 0.5) is 0 Å². The van der Waals surface area contributed by atoms with Gasteiger partial charge in [-0.1, -0.05) is 27.0 Å². The van der Waals surface area contributed by atoms with Crippen molar-refractivity contribution in [3.05, 3.63) is 25.3 Å². The first-order chi connectivity index (χ1) is 5.81. The highest BCUT2D eigenvalue weighted by Crippen LogP contribution is 1.87. The summed E-state index contributed by atoms with van der Waals surface area (Å²) in [4.78, 5) is 0. The Balaban J connectivity index is -0.000000605. The Morgan fingerprint density at radius 3 is 1.64 bits per heavy atom. The van der Waals surface area contributed by atoms with E-state index in [0.717, 1.165) is 0 Å². The van der Waals surface area contributed by atoms with Crippen LogP contribution in [0, 0.1) is 0 Å². The van der Waals surface area contributed by atoms with Gasteiger partial charge in [0.1, 0.15) is 6.10 Å². The molecule has 0 aromatic carbocycles. The van der Waals surface area contributed by atoms with Crippen molar-refractivity contribution in [1.82, 2.24) is 0 Å². The number of hydrogen-bond acceptors (Lipinski definition) is 3. The van der Waals surface area contributed by atoms with Crippen molar-refractivity contribution in [3.63, 3.8) is 0 Å². The highest BCUT2D eigenvalue weighted by Gasteiger charge is 2.02. The van der Waals surface area contributed by atoms with Crippen molar-refractivity contribution in [2.24, 2.45) is 0 Å². The molecule has 0 aliphatic rings. The van der Waals surface area contributed by atoms with Crippen molar-refractivity contribution >= 4 is 0 Å². The topological polar surface area (TPSA) is 38.7 Å². The van der Waals surface area contributed by atoms with Crippen molar-refractivity contribution in [3.8, 4) is 0 Å². The van der Waals surface area contributed by atoms with Crippen LogP contribution in [0.15, 0.2) is 25.3 Å². The predicted octanol–water partition coefficient (Wildman–Crippen LogP) is 2.02. The zero-order valence-electron chi connectivity index (χ0n) is 7.24. The second kappa shape index (κ2) is 14.9. The fraction of sp³-hybridized carbons (Fsp3) is 0.636. The van der Waals surface area contributed by atoms with E-state index in [1.807, 2.05) is 0 Å². The van der Waals surface area contributed by atoms with E-state index in [-0.39, 0.29) is 28.1 Å². The first kappa shape index (κ1) is 19.0. The molecule has 0 bridgehead atoms. The van der Waals surface area contributed by atoms with Gasteiger partial charge in [0, 0.05) is 0 Å². The van der Waals surface area contributed by atoms with Crippen LogP contribution in [0.3, 0.4) is 0 Å². The lowest BCUT2D eigenvalue weighted by molar-refractivity contribution is -0.00645. The Morgan fingerprint density at radius 1 is 1.00 bits per heavy atom. The molecule has 0 unspecified atom stereocenters. The van der Waals surface area contributed by atoms with Gasteiger partial charge in [0.05, 0.1) is 26.4 Å². The van der Waals surface area contributed by atoms with Gasteiger partial charge in [0.2, 0.25) is 0 Å². The van der Waals surface area contributed by atoms with Gasteiger partial charge in [-0.3, -0.25) is 0 Å². The van der Waals surface area contributed by atoms with E-state index >= 15 is 0 Å². The number of aliphatic hydroxyl groups excluding tert-OH is 1. The molecule has 0 aliphatic carbocycles. The third-order valence-electron chi connectivity index (χ3n) is 1.09. The zero-order chi connectivity index (χ0) is 9.23. The lowest BCUT2D eigenvalue weighted by atomic mass is 10.4. The van der Waals surface area contributed by atoms with E-state index in [9.17, 15) is 5.11 Å². The summed E-state index contributed by atoms with van der Waals surface area (Å²) >= 11 is 0. The van der Waals surface area contributed by atoms with Gasteiger partial charge in [0.25, 0.3) is 0 Å². The minimum absolute atomic E-state index is 0. The quantitative estimate of drug-likeness (QED) is 0.485. The highest BCUT2D eigenvalue weighted by atomic mass is 16.5. The summed E-state index contributed by atoms with van der Waals surface area (Å²) in [6.07, 6.45) is 2.71. The molecule has 3 heteroatoms. The summed E-state index contributed by atoms with van der Waals surface area (Å²) in [5, 5.41) is 9.18. The molecular formula is C11H24O3. The summed E-state index contributed by atoms with van der Waals surface area (Å²) in [6, 6.07) is 0. The Bertz CT molecular complexity index is 110. The Labute approximate surface area is 88.0 Å². The molecule has 3 nitrogen and oxygen atoms in total. The van der Waals surface area contributed by atoms with Gasteiger partial charge in [-0.25, -0.2) is 0 Å². The number of hydrogen-bond donors (Lipinski definition) is 1. The maximum absolute atomic E-state index is 9.18. The van der Waals surface area contributed by atoms with Gasteiger partial charge < -0.3 is 14.6 Å². The molecular weight excluding hydrogens is 180 g/mol. The average Bonchev–Trinajstić information content (AvgIpc) is 2.06. The van der Waals surface area contributed by atoms with Crippen LogP contribution < -0.4 is 0 Å². The molecule has 0 fully saturated rings. The third-order valence-corrected chi connectivity index (χ3v) is 1.09. The zero-order valence-corrected chi connectivity index (χ0v) is 7.24. The third kappa shape index (κ3) is 13.9. The van der Waals surface area contributed by atoms with Gasteiger partial charge in [-0.15, -0.1) is 13.2 Å². The lowest BCUT2D eigenvalue weighted by Gasteiger charge is -2.09. The molecule has 86 valence electrons. The molecule has 0 atom stereocenters. The highest BCUT2D eigenvalue weighted by molar-refractivity contribution is 4.66. The number of rotatable bonds is 8. The molecule has 0 saturated carbocycles. The SMILES string of the molecule is C.C.C=CCOCC(O)COCC=C. The molecule has 0 saturated heterocycles. The van der Waals surface area contributed by atoms with E-state index in [0.29, 0.717) is 13.2 Å². The molecule has 0 rings (SSSR count). The molecule has 0 aliphatic heterocycles. The molecule has 0 spiro atoms. The van der Waals surface area contributed by atoms with E-state index in [1.54, 1.807) is 12.2 Å². The fourth-order valence-electron chi connectivity index (χ4n) is 0.623. The van der Waals surface area contributed by atoms with Crippen molar-refractivity contribution < 1.29 is 14.6 Å². The van der Waals surface area contributed by atoms with Gasteiger partial charge in [-0.2, -0.15) is 0 Å². The molecule has 0 aromatic heterocycles. The predicted molar refractivity (Wildman–Crippen MR) is 61.5 cm³/mol. The van der Waals surface area contributed by atoms with Crippen LogP contribution in [-0.4, -0.2) is 37.6 Å². The molecule has 0 heterocycles. The van der Waals surface area contributed by atoms with Gasteiger partial charge in [0.15, 0.2) is 0 Å². The summed E-state index contributed by atoms with van der Waals surface area (Å²) < 4.78 is 10.0. The summed E-state index contributed by atoms with van der Waals surface area (Å²) in [6.45, 7) is 8.44. The van der Waals surface area contributed by atoms with Crippen LogP contribution in [0.2, 0.25) is 0 Å². The van der Waals surface area contributed by atoms with E-state index < -0.39 is 6.10 Å². The van der Waals surface area contributed by atoms with Gasteiger partial charge >= 0.3 is 0 Å². The van der Waals surface area contributed by atoms with E-state index in [1.165, 1.54) is 0 Å². The van der Waals surface area contributed by atoms with Crippen LogP contribution in [0.25, 0.3) is 0 Å². The summed E-state index contributed by atoms with van der Waals surface area (Å²) in [7, 11) is 0. The summed E-state index contributed by atoms with van der Waals surface area (Å²) in [5.41, 5.74) is 0. The second-order valence-electron chi connectivity index (χ2n) is 2.31. The second-order valence-corrected chi connectivity index (χ2v) is 2.31. The Morgan fingerprint density at radius 2 is 1.36 bits per heavy atom. The van der Waals surface area contributed by atoms with Crippen LogP contribution in [0.5, 0.6) is 0 Å².